The zero-order chi connectivity index (χ0) is 11.5. The molecule has 3 nitrogen and oxygen atoms in total. The maximum absolute atomic E-state index is 5.50. The van der Waals surface area contributed by atoms with Crippen LogP contribution in [0.3, 0.4) is 0 Å². The van der Waals surface area contributed by atoms with Crippen molar-refractivity contribution in [3.8, 4) is 0 Å². The van der Waals surface area contributed by atoms with Gasteiger partial charge in [-0.05, 0) is 30.9 Å². The van der Waals surface area contributed by atoms with Crippen LogP contribution >= 0.6 is 12.2 Å². The van der Waals surface area contributed by atoms with Gasteiger partial charge in [0.05, 0.1) is 17.6 Å². The maximum Gasteiger partial charge on any atom is 0.122 e. The fraction of sp³-hybridized carbons (Fsp3) is 0.500. The van der Waals surface area contributed by atoms with Gasteiger partial charge in [0.15, 0.2) is 0 Å². The van der Waals surface area contributed by atoms with E-state index in [0.717, 1.165) is 11.6 Å². The highest BCUT2D eigenvalue weighted by atomic mass is 32.1. The Balaban J connectivity index is 2.02. The van der Waals surface area contributed by atoms with E-state index in [1.807, 2.05) is 12.1 Å². The molecule has 0 aliphatic heterocycles. The molecule has 4 heteroatoms. The minimum absolute atomic E-state index is 0.348. The van der Waals surface area contributed by atoms with E-state index >= 15 is 0 Å². The Bertz CT molecular complexity index is 374. The van der Waals surface area contributed by atoms with Crippen LogP contribution < -0.4 is 11.1 Å². The third kappa shape index (κ3) is 2.50. The highest BCUT2D eigenvalue weighted by Gasteiger charge is 2.22. The molecule has 1 saturated carbocycles. The molecule has 1 heterocycles. The molecule has 2 unspecified atom stereocenters. The zero-order valence-electron chi connectivity index (χ0n) is 9.44. The van der Waals surface area contributed by atoms with E-state index < -0.39 is 0 Å². The van der Waals surface area contributed by atoms with Crippen molar-refractivity contribution in [3.63, 3.8) is 0 Å². The lowest BCUT2D eigenvalue weighted by molar-refractivity contribution is 0.556. The molecule has 0 aromatic carbocycles. The van der Waals surface area contributed by atoms with Crippen molar-refractivity contribution in [2.75, 3.05) is 5.32 Å². The third-order valence-electron chi connectivity index (χ3n) is 3.23. The van der Waals surface area contributed by atoms with E-state index in [2.05, 4.69) is 17.2 Å². The van der Waals surface area contributed by atoms with E-state index in [1.165, 1.54) is 19.3 Å². The Hall–Kier alpha value is -1.16. The summed E-state index contributed by atoms with van der Waals surface area (Å²) in [5, 5.41) is 3.51. The minimum atomic E-state index is 0.348. The summed E-state index contributed by atoms with van der Waals surface area (Å²) >= 11 is 4.86. The van der Waals surface area contributed by atoms with Crippen molar-refractivity contribution in [1.82, 2.24) is 4.98 Å². The summed E-state index contributed by atoms with van der Waals surface area (Å²) in [4.78, 5) is 4.56. The maximum atomic E-state index is 5.50. The number of aromatic nitrogens is 1. The molecule has 1 aromatic heterocycles. The van der Waals surface area contributed by atoms with Crippen molar-refractivity contribution >= 4 is 22.9 Å². The largest absolute Gasteiger partial charge is 0.388 e. The monoisotopic (exact) mass is 235 g/mol. The van der Waals surface area contributed by atoms with Gasteiger partial charge in [-0.25, -0.2) is 0 Å². The first-order chi connectivity index (χ1) is 7.66. The lowest BCUT2D eigenvalue weighted by Gasteiger charge is -2.18. The Labute approximate surface area is 101 Å². The van der Waals surface area contributed by atoms with E-state index in [-0.39, 0.29) is 0 Å². The standard InChI is InChI=1S/C12H17N3S/c1-8-3-2-4-10(8)15-9-5-6-11(12(13)16)14-7-9/h5-8,10,15H,2-4H2,1H3,(H2,13,16). The molecule has 0 amide bonds. The van der Waals surface area contributed by atoms with Crippen molar-refractivity contribution in [2.24, 2.45) is 11.7 Å². The lowest BCUT2D eigenvalue weighted by Crippen LogP contribution is -2.22. The molecular formula is C12H17N3S. The normalized spacial score (nSPS) is 24.3. The second kappa shape index (κ2) is 4.78. The first kappa shape index (κ1) is 11.3. The highest BCUT2D eigenvalue weighted by Crippen LogP contribution is 2.27. The molecule has 0 spiro atoms. The van der Waals surface area contributed by atoms with E-state index in [9.17, 15) is 0 Å². The fourth-order valence-electron chi connectivity index (χ4n) is 2.20. The SMILES string of the molecule is CC1CCCC1Nc1ccc(C(N)=S)nc1. The quantitative estimate of drug-likeness (QED) is 0.789. The Morgan fingerprint density at radius 2 is 2.31 bits per heavy atom. The number of pyridine rings is 1. The average Bonchev–Trinajstić information content (AvgIpc) is 2.65. The first-order valence-corrected chi connectivity index (χ1v) is 6.10. The minimum Gasteiger partial charge on any atom is -0.388 e. The number of rotatable bonds is 3. The predicted molar refractivity (Wildman–Crippen MR) is 70.6 cm³/mol. The zero-order valence-corrected chi connectivity index (χ0v) is 10.3. The van der Waals surface area contributed by atoms with Crippen molar-refractivity contribution < 1.29 is 0 Å². The van der Waals surface area contributed by atoms with Gasteiger partial charge in [-0.3, -0.25) is 4.98 Å². The molecule has 1 aliphatic rings. The second-order valence-corrected chi connectivity index (χ2v) is 4.90. The summed E-state index contributed by atoms with van der Waals surface area (Å²) in [5.41, 5.74) is 7.23. The summed E-state index contributed by atoms with van der Waals surface area (Å²) in [7, 11) is 0. The summed E-state index contributed by atoms with van der Waals surface area (Å²) in [6.45, 7) is 2.29. The van der Waals surface area contributed by atoms with Gasteiger partial charge < -0.3 is 11.1 Å². The van der Waals surface area contributed by atoms with Crippen molar-refractivity contribution in [2.45, 2.75) is 32.2 Å². The average molecular weight is 235 g/mol. The number of nitrogens with two attached hydrogens (primary N) is 1. The molecule has 1 fully saturated rings. The molecule has 1 aromatic rings. The van der Waals surface area contributed by atoms with E-state index in [0.29, 0.717) is 16.7 Å². The van der Waals surface area contributed by atoms with Gasteiger partial charge in [0.1, 0.15) is 4.99 Å². The number of anilines is 1. The molecule has 86 valence electrons. The molecule has 16 heavy (non-hydrogen) atoms. The number of nitrogens with zero attached hydrogens (tertiary/aromatic N) is 1. The number of nitrogens with one attached hydrogen (secondary N) is 1. The molecule has 1 aliphatic carbocycles. The van der Waals surface area contributed by atoms with Gasteiger partial charge in [0, 0.05) is 6.04 Å². The topological polar surface area (TPSA) is 50.9 Å². The lowest BCUT2D eigenvalue weighted by atomic mass is 10.1. The number of hydrogen-bond donors (Lipinski definition) is 2. The van der Waals surface area contributed by atoms with Gasteiger partial charge in [-0.2, -0.15) is 0 Å². The molecule has 0 saturated heterocycles. The smallest absolute Gasteiger partial charge is 0.122 e. The van der Waals surface area contributed by atoms with Crippen LogP contribution in [0.2, 0.25) is 0 Å². The van der Waals surface area contributed by atoms with Gasteiger partial charge >= 0.3 is 0 Å². The van der Waals surface area contributed by atoms with Gasteiger partial charge in [0.25, 0.3) is 0 Å². The van der Waals surface area contributed by atoms with Crippen molar-refractivity contribution in [3.05, 3.63) is 24.0 Å². The van der Waals surface area contributed by atoms with Crippen LogP contribution in [0.25, 0.3) is 0 Å². The Morgan fingerprint density at radius 3 is 2.81 bits per heavy atom. The predicted octanol–water partition coefficient (Wildman–Crippen LogP) is 2.32. The van der Waals surface area contributed by atoms with Crippen LogP contribution in [0.4, 0.5) is 5.69 Å². The molecular weight excluding hydrogens is 218 g/mol. The molecule has 2 rings (SSSR count). The van der Waals surface area contributed by atoms with Crippen molar-refractivity contribution in [1.29, 1.82) is 0 Å². The van der Waals surface area contributed by atoms with Crippen LogP contribution in [0.1, 0.15) is 31.9 Å². The molecule has 3 N–H and O–H groups in total. The summed E-state index contributed by atoms with van der Waals surface area (Å²) in [5.74, 6) is 0.746. The van der Waals surface area contributed by atoms with Crippen LogP contribution in [0.15, 0.2) is 18.3 Å². The van der Waals surface area contributed by atoms with Gasteiger partial charge in [0.2, 0.25) is 0 Å². The Kier molecular flexibility index (Phi) is 3.39. The number of thiocarbonyl (C=S) groups is 1. The van der Waals surface area contributed by atoms with Crippen LogP contribution in [-0.4, -0.2) is 16.0 Å². The molecule has 2 atom stereocenters. The second-order valence-electron chi connectivity index (χ2n) is 4.46. The third-order valence-corrected chi connectivity index (χ3v) is 3.44. The summed E-state index contributed by atoms with van der Waals surface area (Å²) in [6, 6.07) is 4.44. The Morgan fingerprint density at radius 1 is 1.50 bits per heavy atom. The van der Waals surface area contributed by atoms with E-state index in [4.69, 9.17) is 18.0 Å². The van der Waals surface area contributed by atoms with Gasteiger partial charge in [-0.15, -0.1) is 0 Å². The highest BCUT2D eigenvalue weighted by molar-refractivity contribution is 7.80. The summed E-state index contributed by atoms with van der Waals surface area (Å²) < 4.78 is 0. The van der Waals surface area contributed by atoms with Crippen LogP contribution in [-0.2, 0) is 0 Å². The van der Waals surface area contributed by atoms with Crippen LogP contribution in [0.5, 0.6) is 0 Å². The number of hydrogen-bond acceptors (Lipinski definition) is 3. The van der Waals surface area contributed by atoms with Crippen LogP contribution in [0, 0.1) is 5.92 Å². The summed E-state index contributed by atoms with van der Waals surface area (Å²) in [6.07, 6.45) is 5.69. The van der Waals surface area contributed by atoms with E-state index in [1.54, 1.807) is 6.20 Å². The van der Waals surface area contributed by atoms with Gasteiger partial charge in [-0.1, -0.05) is 25.6 Å². The fourth-order valence-corrected chi connectivity index (χ4v) is 2.32. The first-order valence-electron chi connectivity index (χ1n) is 5.69. The molecule has 0 radical (unpaired) electrons. The molecule has 0 bridgehead atoms.